The van der Waals surface area contributed by atoms with E-state index in [9.17, 15) is 9.59 Å². The zero-order valence-corrected chi connectivity index (χ0v) is 16.2. The van der Waals surface area contributed by atoms with Gasteiger partial charge in [-0.25, -0.2) is 0 Å². The van der Waals surface area contributed by atoms with Crippen LogP contribution in [-0.2, 0) is 27.4 Å². The zero-order chi connectivity index (χ0) is 19.9. The van der Waals surface area contributed by atoms with Crippen LogP contribution >= 0.6 is 0 Å². The lowest BCUT2D eigenvalue weighted by Gasteiger charge is -2.13. The molecule has 0 aliphatic carbocycles. The van der Waals surface area contributed by atoms with Crippen molar-refractivity contribution in [1.82, 2.24) is 9.88 Å². The SMILES string of the molecule is CN(C)c1ccc(CNC(=O)COC(=O)CCn2ccc3ccccc32)cc1. The van der Waals surface area contributed by atoms with Crippen LogP contribution in [0.25, 0.3) is 10.9 Å². The molecule has 6 heteroatoms. The Labute approximate surface area is 164 Å². The number of anilines is 1. The molecular formula is C22H25N3O3. The van der Waals surface area contributed by atoms with Crippen LogP contribution in [0.5, 0.6) is 0 Å². The van der Waals surface area contributed by atoms with Crippen LogP contribution in [0, 0.1) is 0 Å². The van der Waals surface area contributed by atoms with E-state index in [0.29, 0.717) is 13.1 Å². The van der Waals surface area contributed by atoms with E-state index >= 15 is 0 Å². The Morgan fingerprint density at radius 3 is 2.54 bits per heavy atom. The fourth-order valence-electron chi connectivity index (χ4n) is 2.93. The molecule has 146 valence electrons. The molecule has 0 aliphatic rings. The van der Waals surface area contributed by atoms with Crippen molar-refractivity contribution >= 4 is 28.5 Å². The maximum Gasteiger partial charge on any atom is 0.308 e. The number of aromatic nitrogens is 1. The largest absolute Gasteiger partial charge is 0.456 e. The highest BCUT2D eigenvalue weighted by atomic mass is 16.5. The van der Waals surface area contributed by atoms with E-state index in [1.54, 1.807) is 0 Å². The summed E-state index contributed by atoms with van der Waals surface area (Å²) in [5.41, 5.74) is 3.16. The van der Waals surface area contributed by atoms with Crippen LogP contribution in [-0.4, -0.2) is 37.1 Å². The third kappa shape index (κ3) is 5.13. The molecule has 0 saturated heterocycles. The lowest BCUT2D eigenvalue weighted by Crippen LogP contribution is -2.28. The van der Waals surface area contributed by atoms with E-state index in [0.717, 1.165) is 22.2 Å². The van der Waals surface area contributed by atoms with E-state index in [1.807, 2.05) is 84.4 Å². The van der Waals surface area contributed by atoms with E-state index in [2.05, 4.69) is 5.32 Å². The molecule has 28 heavy (non-hydrogen) atoms. The maximum atomic E-state index is 11.9. The monoisotopic (exact) mass is 379 g/mol. The lowest BCUT2D eigenvalue weighted by atomic mass is 10.2. The minimum atomic E-state index is -0.386. The van der Waals surface area contributed by atoms with Crippen LogP contribution < -0.4 is 10.2 Å². The maximum absolute atomic E-state index is 11.9. The Balaban J connectivity index is 1.38. The molecule has 0 unspecified atom stereocenters. The molecule has 0 bridgehead atoms. The molecule has 0 spiro atoms. The summed E-state index contributed by atoms with van der Waals surface area (Å²) in [6.07, 6.45) is 2.17. The average Bonchev–Trinajstić information content (AvgIpc) is 3.12. The van der Waals surface area contributed by atoms with Gasteiger partial charge in [-0.15, -0.1) is 0 Å². The predicted molar refractivity (Wildman–Crippen MR) is 110 cm³/mol. The second-order valence-corrected chi connectivity index (χ2v) is 6.82. The third-order valence-corrected chi connectivity index (χ3v) is 4.54. The number of amides is 1. The first kappa shape index (κ1) is 19.5. The Kier molecular flexibility index (Phi) is 6.32. The topological polar surface area (TPSA) is 63.6 Å². The molecule has 1 aromatic heterocycles. The molecular weight excluding hydrogens is 354 g/mol. The summed E-state index contributed by atoms with van der Waals surface area (Å²) in [6, 6.07) is 17.9. The number of fused-ring (bicyclic) bond motifs is 1. The van der Waals surface area contributed by atoms with Crippen molar-refractivity contribution in [3.05, 3.63) is 66.4 Å². The number of carbonyl (C=O) groups is 2. The summed E-state index contributed by atoms with van der Waals surface area (Å²) in [5, 5.41) is 3.90. The quantitative estimate of drug-likeness (QED) is 0.611. The normalized spacial score (nSPS) is 10.6. The minimum absolute atomic E-state index is 0.220. The number of nitrogens with one attached hydrogen (secondary N) is 1. The van der Waals surface area contributed by atoms with Gasteiger partial charge in [0.05, 0.1) is 6.42 Å². The molecule has 0 fully saturated rings. The second kappa shape index (κ2) is 9.08. The fraction of sp³-hybridized carbons (Fsp3) is 0.273. The van der Waals surface area contributed by atoms with Gasteiger partial charge in [-0.3, -0.25) is 9.59 Å². The van der Waals surface area contributed by atoms with Crippen molar-refractivity contribution in [3.8, 4) is 0 Å². The molecule has 1 N–H and O–H groups in total. The van der Waals surface area contributed by atoms with Crippen LogP contribution in [0.2, 0.25) is 0 Å². The first-order valence-corrected chi connectivity index (χ1v) is 9.25. The van der Waals surface area contributed by atoms with Crippen LogP contribution in [0.4, 0.5) is 5.69 Å². The zero-order valence-electron chi connectivity index (χ0n) is 16.2. The van der Waals surface area contributed by atoms with Gasteiger partial charge in [0, 0.05) is 44.6 Å². The Bertz CT molecular complexity index is 945. The minimum Gasteiger partial charge on any atom is -0.456 e. The summed E-state index contributed by atoms with van der Waals surface area (Å²) >= 11 is 0. The number of ether oxygens (including phenoxy) is 1. The predicted octanol–water partition coefficient (Wildman–Crippen LogP) is 2.96. The van der Waals surface area contributed by atoms with Gasteiger partial charge >= 0.3 is 5.97 Å². The summed E-state index contributed by atoms with van der Waals surface area (Å²) in [4.78, 5) is 25.8. The Hall–Kier alpha value is -3.28. The van der Waals surface area contributed by atoms with Crippen LogP contribution in [0.1, 0.15) is 12.0 Å². The fourth-order valence-corrected chi connectivity index (χ4v) is 2.93. The molecule has 0 radical (unpaired) electrons. The number of nitrogens with zero attached hydrogens (tertiary/aromatic N) is 2. The molecule has 1 amide bonds. The number of aryl methyl sites for hydroxylation is 1. The first-order chi connectivity index (χ1) is 13.5. The van der Waals surface area contributed by atoms with Gasteiger partial charge in [-0.2, -0.15) is 0 Å². The van der Waals surface area contributed by atoms with Crippen LogP contribution in [0.3, 0.4) is 0 Å². The van der Waals surface area contributed by atoms with Gasteiger partial charge < -0.3 is 19.5 Å². The smallest absolute Gasteiger partial charge is 0.308 e. The van der Waals surface area contributed by atoms with Crippen molar-refractivity contribution in [2.45, 2.75) is 19.5 Å². The standard InChI is InChI=1S/C22H25N3O3/c1-24(2)19-9-7-17(8-10-19)15-23-21(26)16-28-22(27)12-14-25-13-11-18-5-3-4-6-20(18)25/h3-11,13H,12,14-16H2,1-2H3,(H,23,26). The number of esters is 1. The molecule has 2 aromatic carbocycles. The van der Waals surface area contributed by atoms with Gasteiger partial charge in [0.2, 0.25) is 0 Å². The van der Waals surface area contributed by atoms with Crippen LogP contribution in [0.15, 0.2) is 60.8 Å². The van der Waals surface area contributed by atoms with E-state index in [1.165, 1.54) is 0 Å². The van der Waals surface area contributed by atoms with Crippen molar-refractivity contribution in [3.63, 3.8) is 0 Å². The summed E-state index contributed by atoms with van der Waals surface area (Å²) in [6.45, 7) is 0.659. The van der Waals surface area contributed by atoms with Crippen molar-refractivity contribution < 1.29 is 14.3 Å². The molecule has 0 atom stereocenters. The number of carbonyl (C=O) groups excluding carboxylic acids is 2. The van der Waals surface area contributed by atoms with Gasteiger partial charge in [-0.05, 0) is 35.2 Å². The highest BCUT2D eigenvalue weighted by molar-refractivity contribution is 5.81. The van der Waals surface area contributed by atoms with Crippen molar-refractivity contribution in [2.75, 3.05) is 25.6 Å². The van der Waals surface area contributed by atoms with E-state index in [4.69, 9.17) is 4.74 Å². The summed E-state index contributed by atoms with van der Waals surface area (Å²) < 4.78 is 7.09. The Morgan fingerprint density at radius 2 is 1.79 bits per heavy atom. The average molecular weight is 379 g/mol. The van der Waals surface area contributed by atoms with Crippen molar-refractivity contribution in [2.24, 2.45) is 0 Å². The Morgan fingerprint density at radius 1 is 1.04 bits per heavy atom. The van der Waals surface area contributed by atoms with Crippen molar-refractivity contribution in [1.29, 1.82) is 0 Å². The molecule has 3 aromatic rings. The van der Waals surface area contributed by atoms with Gasteiger partial charge in [-0.1, -0.05) is 30.3 Å². The van der Waals surface area contributed by atoms with E-state index in [-0.39, 0.29) is 24.9 Å². The third-order valence-electron chi connectivity index (χ3n) is 4.54. The van der Waals surface area contributed by atoms with Gasteiger partial charge in [0.1, 0.15) is 0 Å². The molecule has 6 nitrogen and oxygen atoms in total. The lowest BCUT2D eigenvalue weighted by molar-refractivity contribution is -0.148. The number of benzene rings is 2. The number of rotatable bonds is 8. The summed E-state index contributed by atoms with van der Waals surface area (Å²) in [5.74, 6) is -0.695. The van der Waals surface area contributed by atoms with Gasteiger partial charge in [0.15, 0.2) is 6.61 Å². The highest BCUT2D eigenvalue weighted by Gasteiger charge is 2.09. The number of hydrogen-bond donors (Lipinski definition) is 1. The number of hydrogen-bond acceptors (Lipinski definition) is 4. The molecule has 1 heterocycles. The second-order valence-electron chi connectivity index (χ2n) is 6.82. The molecule has 0 aliphatic heterocycles. The molecule has 0 saturated carbocycles. The summed E-state index contributed by atoms with van der Waals surface area (Å²) in [7, 11) is 3.95. The van der Waals surface area contributed by atoms with Gasteiger partial charge in [0.25, 0.3) is 5.91 Å². The van der Waals surface area contributed by atoms with E-state index < -0.39 is 0 Å². The number of para-hydroxylation sites is 1. The molecule has 3 rings (SSSR count). The first-order valence-electron chi connectivity index (χ1n) is 9.25. The highest BCUT2D eigenvalue weighted by Crippen LogP contribution is 2.15.